The highest BCUT2D eigenvalue weighted by Gasteiger charge is 2.39. The number of carbonyl (C=O) groups excluding carboxylic acids is 1. The molecule has 0 saturated carbocycles. The zero-order chi connectivity index (χ0) is 23.6. The lowest BCUT2D eigenvalue weighted by Gasteiger charge is -2.28. The highest BCUT2D eigenvalue weighted by atomic mass is 19.4. The molecule has 1 amide bonds. The van der Waals surface area contributed by atoms with Crippen LogP contribution in [0.4, 0.5) is 13.2 Å². The number of aliphatic carboxylic acids is 1. The predicted molar refractivity (Wildman–Crippen MR) is 109 cm³/mol. The molecule has 1 saturated heterocycles. The van der Waals surface area contributed by atoms with E-state index in [2.05, 4.69) is 17.1 Å². The number of amides is 1. The molecule has 1 aromatic carbocycles. The minimum absolute atomic E-state index is 0.00811. The molecular weight excluding hydrogens is 429 g/mol. The first kappa shape index (κ1) is 25.3. The lowest BCUT2D eigenvalue weighted by molar-refractivity contribution is -0.192. The number of nitrogens with zero attached hydrogens (tertiary/aromatic N) is 2. The van der Waals surface area contributed by atoms with Gasteiger partial charge in [0, 0.05) is 19.9 Å². The van der Waals surface area contributed by atoms with Gasteiger partial charge in [0.25, 0.3) is 5.91 Å². The van der Waals surface area contributed by atoms with Crippen molar-refractivity contribution < 1.29 is 37.3 Å². The number of rotatable bonds is 7. The third-order valence-electron chi connectivity index (χ3n) is 4.78. The van der Waals surface area contributed by atoms with Gasteiger partial charge >= 0.3 is 12.1 Å². The molecule has 0 unspecified atom stereocenters. The second kappa shape index (κ2) is 12.2. The number of ether oxygens (including phenoxy) is 2. The Balaban J connectivity index is 0.000000451. The summed E-state index contributed by atoms with van der Waals surface area (Å²) in [7, 11) is 1.66. The lowest BCUT2D eigenvalue weighted by atomic mass is 10.0. The summed E-state index contributed by atoms with van der Waals surface area (Å²) in [4.78, 5) is 27.9. The molecule has 2 heterocycles. The van der Waals surface area contributed by atoms with Gasteiger partial charge in [-0.25, -0.2) is 4.79 Å². The van der Waals surface area contributed by atoms with Gasteiger partial charge in [0.1, 0.15) is 5.69 Å². The maximum Gasteiger partial charge on any atom is 0.490 e. The second-order valence-electron chi connectivity index (χ2n) is 6.96. The number of hydrogen-bond donors (Lipinski definition) is 1. The molecule has 10 heteroatoms. The fraction of sp³-hybridized carbons (Fsp3) is 0.409. The number of methoxy groups -OCH3 is 1. The molecule has 3 rings (SSSR count). The highest BCUT2D eigenvalue weighted by Crippen LogP contribution is 2.26. The molecule has 0 radical (unpaired) electrons. The van der Waals surface area contributed by atoms with Gasteiger partial charge in [-0.1, -0.05) is 36.4 Å². The van der Waals surface area contributed by atoms with Crippen LogP contribution in [0.1, 0.15) is 22.5 Å². The summed E-state index contributed by atoms with van der Waals surface area (Å²) < 4.78 is 42.8. The topological polar surface area (TPSA) is 89.0 Å². The largest absolute Gasteiger partial charge is 0.490 e. The zero-order valence-electron chi connectivity index (χ0n) is 17.5. The summed E-state index contributed by atoms with van der Waals surface area (Å²) in [5.41, 5.74) is 1.69. The maximum atomic E-state index is 12.9. The van der Waals surface area contributed by atoms with Gasteiger partial charge in [-0.3, -0.25) is 9.78 Å². The highest BCUT2D eigenvalue weighted by molar-refractivity contribution is 5.92. The van der Waals surface area contributed by atoms with Crippen molar-refractivity contribution in [1.82, 2.24) is 9.88 Å². The smallest absolute Gasteiger partial charge is 0.475 e. The van der Waals surface area contributed by atoms with Crippen molar-refractivity contribution in [3.63, 3.8) is 0 Å². The SMILES string of the molecule is COCCO[C@@H]1CCN(C(=O)c2ccccn2)[C@H]1Cc1ccccc1.O=C(O)C(F)(F)F. The van der Waals surface area contributed by atoms with Crippen molar-refractivity contribution in [3.8, 4) is 0 Å². The number of alkyl halides is 3. The number of likely N-dealkylation sites (tertiary alicyclic amines) is 1. The number of carbonyl (C=O) groups is 2. The molecule has 2 aromatic rings. The zero-order valence-corrected chi connectivity index (χ0v) is 17.5. The van der Waals surface area contributed by atoms with Gasteiger partial charge < -0.3 is 19.5 Å². The predicted octanol–water partition coefficient (Wildman–Crippen LogP) is 3.20. The van der Waals surface area contributed by atoms with Crippen LogP contribution in [-0.4, -0.2) is 72.1 Å². The number of carboxylic acids is 1. The molecule has 1 aromatic heterocycles. The van der Waals surface area contributed by atoms with E-state index in [1.807, 2.05) is 35.2 Å². The van der Waals surface area contributed by atoms with Crippen LogP contribution in [0.3, 0.4) is 0 Å². The monoisotopic (exact) mass is 454 g/mol. The Labute approximate surface area is 183 Å². The van der Waals surface area contributed by atoms with E-state index < -0.39 is 12.1 Å². The average molecular weight is 454 g/mol. The molecule has 0 bridgehead atoms. The van der Waals surface area contributed by atoms with E-state index in [4.69, 9.17) is 19.4 Å². The van der Waals surface area contributed by atoms with Crippen LogP contribution in [-0.2, 0) is 20.7 Å². The molecule has 0 aliphatic carbocycles. The summed E-state index contributed by atoms with van der Waals surface area (Å²) in [6, 6.07) is 15.7. The Hall–Kier alpha value is -2.98. The van der Waals surface area contributed by atoms with E-state index in [-0.39, 0.29) is 18.1 Å². The minimum Gasteiger partial charge on any atom is -0.475 e. The number of halogens is 3. The normalized spacial score (nSPS) is 18.1. The van der Waals surface area contributed by atoms with Crippen molar-refractivity contribution in [1.29, 1.82) is 0 Å². The Morgan fingerprint density at radius 1 is 1.12 bits per heavy atom. The van der Waals surface area contributed by atoms with Crippen LogP contribution >= 0.6 is 0 Å². The quantitative estimate of drug-likeness (QED) is 0.647. The van der Waals surface area contributed by atoms with Gasteiger partial charge in [0.15, 0.2) is 0 Å². The van der Waals surface area contributed by atoms with Crippen molar-refractivity contribution in [2.75, 3.05) is 26.9 Å². The third-order valence-corrected chi connectivity index (χ3v) is 4.78. The number of benzene rings is 1. The number of hydrogen-bond acceptors (Lipinski definition) is 5. The average Bonchev–Trinajstić information content (AvgIpc) is 3.17. The van der Waals surface area contributed by atoms with Gasteiger partial charge in [-0.05, 0) is 30.5 Å². The Kier molecular flexibility index (Phi) is 9.61. The molecule has 174 valence electrons. The standard InChI is InChI=1S/C20H24N2O3.C2HF3O2/c1-24-13-14-25-19-10-12-22(20(23)17-9-5-6-11-21-17)18(19)15-16-7-3-2-4-8-16;3-2(4,5)1(6)7/h2-9,11,18-19H,10,12-15H2,1H3;(H,6,7)/t18-,19+;/m0./s1. The fourth-order valence-corrected chi connectivity index (χ4v) is 3.29. The van der Waals surface area contributed by atoms with Gasteiger partial charge in [0.05, 0.1) is 25.4 Å². The van der Waals surface area contributed by atoms with Gasteiger partial charge in [-0.2, -0.15) is 13.2 Å². The van der Waals surface area contributed by atoms with Crippen LogP contribution in [0.15, 0.2) is 54.7 Å². The van der Waals surface area contributed by atoms with Gasteiger partial charge in [-0.15, -0.1) is 0 Å². The van der Waals surface area contributed by atoms with E-state index in [9.17, 15) is 18.0 Å². The molecule has 7 nitrogen and oxygen atoms in total. The molecule has 2 atom stereocenters. The Morgan fingerprint density at radius 2 is 1.78 bits per heavy atom. The third kappa shape index (κ3) is 7.61. The maximum absolute atomic E-state index is 12.9. The molecule has 0 spiro atoms. The van der Waals surface area contributed by atoms with Crippen molar-refractivity contribution in [3.05, 3.63) is 66.0 Å². The Bertz CT molecular complexity index is 850. The summed E-state index contributed by atoms with van der Waals surface area (Å²) in [5.74, 6) is -2.79. The van der Waals surface area contributed by atoms with Gasteiger partial charge in [0.2, 0.25) is 0 Å². The van der Waals surface area contributed by atoms with Crippen LogP contribution in [0.25, 0.3) is 0 Å². The lowest BCUT2D eigenvalue weighted by Crippen LogP contribution is -2.42. The second-order valence-corrected chi connectivity index (χ2v) is 6.96. The molecular formula is C22H25F3N2O5. The molecule has 1 aliphatic heterocycles. The number of carboxylic acid groups (broad SMARTS) is 1. The van der Waals surface area contributed by atoms with Crippen LogP contribution in [0, 0.1) is 0 Å². The van der Waals surface area contributed by atoms with E-state index in [0.29, 0.717) is 25.5 Å². The number of aromatic nitrogens is 1. The fourth-order valence-electron chi connectivity index (χ4n) is 3.29. The van der Waals surface area contributed by atoms with Crippen LogP contribution < -0.4 is 0 Å². The molecule has 1 aliphatic rings. The first-order valence-electron chi connectivity index (χ1n) is 9.90. The van der Waals surface area contributed by atoms with E-state index in [1.54, 1.807) is 19.4 Å². The number of pyridine rings is 1. The van der Waals surface area contributed by atoms with Crippen LogP contribution in [0.2, 0.25) is 0 Å². The van der Waals surface area contributed by atoms with E-state index >= 15 is 0 Å². The summed E-state index contributed by atoms with van der Waals surface area (Å²) >= 11 is 0. The first-order chi connectivity index (χ1) is 15.2. The van der Waals surface area contributed by atoms with Crippen molar-refractivity contribution in [2.45, 2.75) is 31.2 Å². The first-order valence-corrected chi connectivity index (χ1v) is 9.90. The van der Waals surface area contributed by atoms with E-state index in [1.165, 1.54) is 5.56 Å². The van der Waals surface area contributed by atoms with Crippen LogP contribution in [0.5, 0.6) is 0 Å². The summed E-state index contributed by atoms with van der Waals surface area (Å²) in [6.07, 6.45) is -1.80. The summed E-state index contributed by atoms with van der Waals surface area (Å²) in [5, 5.41) is 7.12. The van der Waals surface area contributed by atoms with Crippen molar-refractivity contribution in [2.24, 2.45) is 0 Å². The van der Waals surface area contributed by atoms with E-state index in [0.717, 1.165) is 12.8 Å². The minimum atomic E-state index is -5.08. The van der Waals surface area contributed by atoms with Crippen molar-refractivity contribution >= 4 is 11.9 Å². The molecule has 1 fully saturated rings. The summed E-state index contributed by atoms with van der Waals surface area (Å²) in [6.45, 7) is 1.78. The Morgan fingerprint density at radius 3 is 2.34 bits per heavy atom. The molecule has 32 heavy (non-hydrogen) atoms. The molecule has 1 N–H and O–H groups in total.